The minimum absolute atomic E-state index is 0.0870. The Morgan fingerprint density at radius 2 is 2.05 bits per heavy atom. The topological polar surface area (TPSA) is 58.4 Å². The number of hydrogen-bond acceptors (Lipinski definition) is 3. The summed E-state index contributed by atoms with van der Waals surface area (Å²) in [5, 5.41) is 2.90. The predicted molar refractivity (Wildman–Crippen MR) is 83.0 cm³/mol. The summed E-state index contributed by atoms with van der Waals surface area (Å²) in [5.41, 5.74) is 10.1. The molecule has 0 spiro atoms. The molecule has 1 aromatic rings. The van der Waals surface area contributed by atoms with E-state index in [2.05, 4.69) is 23.3 Å². The SMILES string of the molecule is CN(CC1CCCC1)c1cc2c(cc1N)NC(=O)CC2. The van der Waals surface area contributed by atoms with Crippen LogP contribution >= 0.6 is 0 Å². The van der Waals surface area contributed by atoms with Crippen LogP contribution in [0.5, 0.6) is 0 Å². The molecule has 3 N–H and O–H groups in total. The van der Waals surface area contributed by atoms with Gasteiger partial charge in [-0.2, -0.15) is 0 Å². The number of nitrogen functional groups attached to an aromatic ring is 1. The summed E-state index contributed by atoms with van der Waals surface area (Å²) in [4.78, 5) is 13.7. The molecule has 1 aromatic carbocycles. The van der Waals surface area contributed by atoms with Crippen LogP contribution < -0.4 is 16.0 Å². The molecule has 1 heterocycles. The molecule has 20 heavy (non-hydrogen) atoms. The van der Waals surface area contributed by atoms with Gasteiger partial charge in [0, 0.05) is 25.7 Å². The minimum atomic E-state index is 0.0870. The van der Waals surface area contributed by atoms with Crippen LogP contribution in [-0.2, 0) is 11.2 Å². The van der Waals surface area contributed by atoms with Crippen molar-refractivity contribution in [3.63, 3.8) is 0 Å². The summed E-state index contributed by atoms with van der Waals surface area (Å²) in [7, 11) is 2.12. The van der Waals surface area contributed by atoms with Gasteiger partial charge in [-0.25, -0.2) is 0 Å². The molecule has 1 amide bonds. The number of anilines is 3. The van der Waals surface area contributed by atoms with Gasteiger partial charge in [0.15, 0.2) is 0 Å². The van der Waals surface area contributed by atoms with Crippen molar-refractivity contribution in [2.45, 2.75) is 38.5 Å². The molecular weight excluding hydrogens is 250 g/mol. The molecule has 1 aliphatic heterocycles. The Hall–Kier alpha value is -1.71. The molecule has 0 radical (unpaired) electrons. The van der Waals surface area contributed by atoms with E-state index >= 15 is 0 Å². The van der Waals surface area contributed by atoms with Gasteiger partial charge in [-0.1, -0.05) is 12.8 Å². The van der Waals surface area contributed by atoms with Crippen molar-refractivity contribution in [2.75, 3.05) is 29.5 Å². The van der Waals surface area contributed by atoms with Crippen LogP contribution in [0.4, 0.5) is 17.1 Å². The van der Waals surface area contributed by atoms with E-state index in [9.17, 15) is 4.79 Å². The maximum absolute atomic E-state index is 11.4. The highest BCUT2D eigenvalue weighted by atomic mass is 16.1. The summed E-state index contributed by atoms with van der Waals surface area (Å²) in [5.74, 6) is 0.888. The second kappa shape index (κ2) is 5.35. The molecule has 0 aromatic heterocycles. The molecule has 4 heteroatoms. The summed E-state index contributed by atoms with van der Waals surface area (Å²) in [6.45, 7) is 1.08. The van der Waals surface area contributed by atoms with E-state index in [1.807, 2.05) is 6.07 Å². The van der Waals surface area contributed by atoms with E-state index in [0.29, 0.717) is 6.42 Å². The molecule has 0 atom stereocenters. The predicted octanol–water partition coefficient (Wildman–Crippen LogP) is 2.78. The van der Waals surface area contributed by atoms with Gasteiger partial charge >= 0.3 is 0 Å². The largest absolute Gasteiger partial charge is 0.397 e. The molecule has 2 aliphatic rings. The third-order valence-corrected chi connectivity index (χ3v) is 4.57. The van der Waals surface area contributed by atoms with Gasteiger partial charge in [-0.3, -0.25) is 4.79 Å². The number of rotatable bonds is 3. The lowest BCUT2D eigenvalue weighted by Gasteiger charge is -2.27. The number of nitrogens with zero attached hydrogens (tertiary/aromatic N) is 1. The second-order valence-corrected chi connectivity index (χ2v) is 6.15. The third-order valence-electron chi connectivity index (χ3n) is 4.57. The van der Waals surface area contributed by atoms with Gasteiger partial charge in [0.25, 0.3) is 0 Å². The Morgan fingerprint density at radius 1 is 1.30 bits per heavy atom. The first-order valence-corrected chi connectivity index (χ1v) is 7.57. The lowest BCUT2D eigenvalue weighted by atomic mass is 10.0. The van der Waals surface area contributed by atoms with Crippen LogP contribution in [0.1, 0.15) is 37.7 Å². The molecule has 3 rings (SSSR count). The van der Waals surface area contributed by atoms with Crippen molar-refractivity contribution in [1.29, 1.82) is 0 Å². The fourth-order valence-corrected chi connectivity index (χ4v) is 3.44. The maximum atomic E-state index is 11.4. The number of carbonyl (C=O) groups excluding carboxylic acids is 1. The highest BCUT2D eigenvalue weighted by molar-refractivity contribution is 5.95. The summed E-state index contributed by atoms with van der Waals surface area (Å²) in [6, 6.07) is 4.06. The number of amides is 1. The zero-order chi connectivity index (χ0) is 14.1. The van der Waals surface area contributed by atoms with Crippen LogP contribution in [0.3, 0.4) is 0 Å². The molecule has 0 unspecified atom stereocenters. The first-order valence-electron chi connectivity index (χ1n) is 7.57. The first kappa shape index (κ1) is 13.3. The summed E-state index contributed by atoms with van der Waals surface area (Å²) in [6.07, 6.45) is 6.79. The third kappa shape index (κ3) is 2.60. The van der Waals surface area contributed by atoms with E-state index in [0.717, 1.165) is 35.9 Å². The number of benzene rings is 1. The van der Waals surface area contributed by atoms with E-state index in [-0.39, 0.29) is 5.91 Å². The zero-order valence-corrected chi connectivity index (χ0v) is 12.1. The van der Waals surface area contributed by atoms with Crippen molar-refractivity contribution in [3.8, 4) is 0 Å². The fraction of sp³-hybridized carbons (Fsp3) is 0.562. The molecule has 1 aliphatic carbocycles. The van der Waals surface area contributed by atoms with Crippen molar-refractivity contribution in [2.24, 2.45) is 5.92 Å². The number of fused-ring (bicyclic) bond motifs is 1. The Balaban J connectivity index is 1.80. The van der Waals surface area contributed by atoms with E-state index in [1.165, 1.54) is 31.2 Å². The molecule has 1 saturated carbocycles. The van der Waals surface area contributed by atoms with Gasteiger partial charge in [-0.05, 0) is 42.9 Å². The van der Waals surface area contributed by atoms with Crippen molar-refractivity contribution in [1.82, 2.24) is 0 Å². The quantitative estimate of drug-likeness (QED) is 0.833. The first-order chi connectivity index (χ1) is 9.63. The Labute approximate surface area is 120 Å². The van der Waals surface area contributed by atoms with Gasteiger partial charge in [-0.15, -0.1) is 0 Å². The Kier molecular flexibility index (Phi) is 3.55. The number of aryl methyl sites for hydroxylation is 1. The summed E-state index contributed by atoms with van der Waals surface area (Å²) < 4.78 is 0. The molecule has 4 nitrogen and oxygen atoms in total. The standard InChI is InChI=1S/C16H23N3O/c1-19(10-11-4-2-3-5-11)15-8-12-6-7-16(20)18-14(12)9-13(15)17/h8-9,11H,2-7,10,17H2,1H3,(H,18,20). The van der Waals surface area contributed by atoms with Crippen LogP contribution in [0.15, 0.2) is 12.1 Å². The van der Waals surface area contributed by atoms with Crippen LogP contribution in [-0.4, -0.2) is 19.5 Å². The smallest absolute Gasteiger partial charge is 0.224 e. The lowest BCUT2D eigenvalue weighted by Crippen LogP contribution is -2.26. The average molecular weight is 273 g/mol. The normalized spacial score (nSPS) is 18.8. The molecule has 1 fully saturated rings. The van der Waals surface area contributed by atoms with Gasteiger partial charge in [0.2, 0.25) is 5.91 Å². The van der Waals surface area contributed by atoms with Gasteiger partial charge in [0.1, 0.15) is 0 Å². The number of nitrogens with one attached hydrogen (secondary N) is 1. The minimum Gasteiger partial charge on any atom is -0.397 e. The maximum Gasteiger partial charge on any atom is 0.224 e. The molecular formula is C16H23N3O. The van der Waals surface area contributed by atoms with E-state index in [4.69, 9.17) is 5.73 Å². The number of hydrogen-bond donors (Lipinski definition) is 2. The van der Waals surface area contributed by atoms with Gasteiger partial charge in [0.05, 0.1) is 11.4 Å². The Bertz CT molecular complexity index is 521. The van der Waals surface area contributed by atoms with Crippen LogP contribution in [0, 0.1) is 5.92 Å². The highest BCUT2D eigenvalue weighted by Gasteiger charge is 2.21. The average Bonchev–Trinajstić information content (AvgIpc) is 2.90. The second-order valence-electron chi connectivity index (χ2n) is 6.15. The Morgan fingerprint density at radius 3 is 2.80 bits per heavy atom. The highest BCUT2D eigenvalue weighted by Crippen LogP contribution is 2.34. The van der Waals surface area contributed by atoms with Crippen LogP contribution in [0.2, 0.25) is 0 Å². The van der Waals surface area contributed by atoms with E-state index in [1.54, 1.807) is 0 Å². The molecule has 0 saturated heterocycles. The van der Waals surface area contributed by atoms with Crippen LogP contribution in [0.25, 0.3) is 0 Å². The fourth-order valence-electron chi connectivity index (χ4n) is 3.44. The zero-order valence-electron chi connectivity index (χ0n) is 12.1. The van der Waals surface area contributed by atoms with Crippen molar-refractivity contribution in [3.05, 3.63) is 17.7 Å². The van der Waals surface area contributed by atoms with Crippen molar-refractivity contribution < 1.29 is 4.79 Å². The van der Waals surface area contributed by atoms with Gasteiger partial charge < -0.3 is 16.0 Å². The van der Waals surface area contributed by atoms with Crippen molar-refractivity contribution >= 4 is 23.0 Å². The molecule has 0 bridgehead atoms. The number of carbonyl (C=O) groups is 1. The number of nitrogens with two attached hydrogens (primary N) is 1. The lowest BCUT2D eigenvalue weighted by molar-refractivity contribution is -0.116. The van der Waals surface area contributed by atoms with E-state index < -0.39 is 0 Å². The monoisotopic (exact) mass is 273 g/mol. The molecule has 108 valence electrons. The summed E-state index contributed by atoms with van der Waals surface area (Å²) >= 11 is 0.